The van der Waals surface area contributed by atoms with Crippen LogP contribution in [0.25, 0.3) is 0 Å². The largest absolute Gasteiger partial charge is 0.253 e. The standard InChI is InChI=1S/C6H5BrClNO2S/c7-5-2-1-3-6(4-5)12(10,11)9-8/h1-4,9H. The number of sulfonamides is 1. The van der Waals surface area contributed by atoms with E-state index in [0.717, 1.165) is 0 Å². The molecule has 0 aromatic heterocycles. The lowest BCUT2D eigenvalue weighted by molar-refractivity contribution is 0.594. The molecule has 0 amide bonds. The van der Waals surface area contributed by atoms with Crippen molar-refractivity contribution in [3.63, 3.8) is 0 Å². The van der Waals surface area contributed by atoms with Gasteiger partial charge in [0, 0.05) is 4.47 Å². The van der Waals surface area contributed by atoms with Gasteiger partial charge in [-0.1, -0.05) is 22.0 Å². The van der Waals surface area contributed by atoms with Crippen LogP contribution >= 0.6 is 27.7 Å². The third-order valence-corrected chi connectivity index (χ3v) is 3.39. The van der Waals surface area contributed by atoms with Gasteiger partial charge in [-0.25, -0.2) is 8.42 Å². The van der Waals surface area contributed by atoms with Gasteiger partial charge >= 0.3 is 0 Å². The molecule has 0 bridgehead atoms. The summed E-state index contributed by atoms with van der Waals surface area (Å²) >= 11 is 8.18. The van der Waals surface area contributed by atoms with Gasteiger partial charge in [0.25, 0.3) is 10.0 Å². The second-order valence-electron chi connectivity index (χ2n) is 2.04. The molecule has 0 aliphatic carbocycles. The summed E-state index contributed by atoms with van der Waals surface area (Å²) in [4.78, 5) is 0.131. The molecule has 1 rings (SSSR count). The van der Waals surface area contributed by atoms with E-state index in [1.807, 2.05) is 0 Å². The molecule has 12 heavy (non-hydrogen) atoms. The van der Waals surface area contributed by atoms with Crippen molar-refractivity contribution < 1.29 is 8.42 Å². The van der Waals surface area contributed by atoms with Gasteiger partial charge in [-0.3, -0.25) is 0 Å². The summed E-state index contributed by atoms with van der Waals surface area (Å²) in [6, 6.07) is 6.26. The molecule has 0 aliphatic rings. The fraction of sp³-hybridized carbons (Fsp3) is 0. The van der Waals surface area contributed by atoms with Crippen molar-refractivity contribution in [2.45, 2.75) is 4.90 Å². The summed E-state index contributed by atoms with van der Waals surface area (Å²) in [6.45, 7) is 0. The molecule has 0 fully saturated rings. The van der Waals surface area contributed by atoms with Crippen LogP contribution in [0.2, 0.25) is 0 Å². The smallest absolute Gasteiger partial charge is 0.206 e. The minimum absolute atomic E-state index is 0.131. The van der Waals surface area contributed by atoms with Crippen molar-refractivity contribution in [3.05, 3.63) is 28.7 Å². The quantitative estimate of drug-likeness (QED) is 0.834. The molecule has 3 nitrogen and oxygen atoms in total. The lowest BCUT2D eigenvalue weighted by Gasteiger charge is -1.99. The van der Waals surface area contributed by atoms with E-state index < -0.39 is 10.0 Å². The highest BCUT2D eigenvalue weighted by Gasteiger charge is 2.11. The Morgan fingerprint density at radius 1 is 1.42 bits per heavy atom. The van der Waals surface area contributed by atoms with Crippen LogP contribution in [0.4, 0.5) is 0 Å². The monoisotopic (exact) mass is 269 g/mol. The van der Waals surface area contributed by atoms with Crippen LogP contribution in [-0.2, 0) is 10.0 Å². The van der Waals surface area contributed by atoms with Crippen LogP contribution in [0.15, 0.2) is 33.6 Å². The van der Waals surface area contributed by atoms with Gasteiger partial charge in [-0.05, 0) is 30.0 Å². The number of benzene rings is 1. The molecule has 0 radical (unpaired) electrons. The first-order valence-electron chi connectivity index (χ1n) is 2.94. The van der Waals surface area contributed by atoms with Crippen LogP contribution in [-0.4, -0.2) is 8.42 Å². The van der Waals surface area contributed by atoms with Crippen molar-refractivity contribution >= 4 is 37.7 Å². The molecular weight excluding hydrogens is 265 g/mol. The van der Waals surface area contributed by atoms with Crippen molar-refractivity contribution in [2.24, 2.45) is 0 Å². The predicted molar refractivity (Wildman–Crippen MR) is 50.3 cm³/mol. The fourth-order valence-corrected chi connectivity index (χ4v) is 2.13. The number of rotatable bonds is 2. The molecule has 0 saturated heterocycles. The zero-order valence-corrected chi connectivity index (χ0v) is 8.95. The molecule has 0 unspecified atom stereocenters. The van der Waals surface area contributed by atoms with Gasteiger partial charge in [-0.2, -0.15) is 0 Å². The Labute approximate surface area is 84.0 Å². The third-order valence-electron chi connectivity index (χ3n) is 1.21. The van der Waals surface area contributed by atoms with E-state index in [0.29, 0.717) is 4.47 Å². The van der Waals surface area contributed by atoms with Crippen LogP contribution < -0.4 is 4.24 Å². The summed E-state index contributed by atoms with van der Waals surface area (Å²) in [6.07, 6.45) is 0. The molecule has 0 heterocycles. The maximum Gasteiger partial charge on any atom is 0.253 e. The summed E-state index contributed by atoms with van der Waals surface area (Å²) in [5, 5.41) is 0. The van der Waals surface area contributed by atoms with Crippen LogP contribution in [0, 0.1) is 0 Å². The molecule has 1 aromatic rings. The molecule has 0 saturated carbocycles. The third kappa shape index (κ3) is 2.20. The van der Waals surface area contributed by atoms with E-state index in [1.54, 1.807) is 16.4 Å². The first kappa shape index (κ1) is 9.98. The van der Waals surface area contributed by atoms with Gasteiger partial charge in [-0.15, -0.1) is 4.24 Å². The predicted octanol–water partition coefficient (Wildman–Crippen LogP) is 1.88. The van der Waals surface area contributed by atoms with Gasteiger partial charge in [0.15, 0.2) is 0 Å². The zero-order chi connectivity index (χ0) is 9.19. The minimum atomic E-state index is -3.54. The normalized spacial score (nSPS) is 11.5. The molecule has 1 N–H and O–H groups in total. The average molecular weight is 271 g/mol. The topological polar surface area (TPSA) is 46.2 Å². The van der Waals surface area contributed by atoms with Gasteiger partial charge in [0.05, 0.1) is 4.90 Å². The Hall–Kier alpha value is -0.100. The first-order valence-corrected chi connectivity index (χ1v) is 5.60. The van der Waals surface area contributed by atoms with E-state index in [-0.39, 0.29) is 4.90 Å². The maximum atomic E-state index is 11.1. The highest BCUT2D eigenvalue weighted by Crippen LogP contribution is 2.15. The van der Waals surface area contributed by atoms with Crippen LogP contribution in [0.5, 0.6) is 0 Å². The highest BCUT2D eigenvalue weighted by molar-refractivity contribution is 9.10. The summed E-state index contributed by atoms with van der Waals surface area (Å²) in [5.74, 6) is 0. The van der Waals surface area contributed by atoms with E-state index in [2.05, 4.69) is 15.9 Å². The Morgan fingerprint density at radius 3 is 2.58 bits per heavy atom. The minimum Gasteiger partial charge on any atom is -0.206 e. The van der Waals surface area contributed by atoms with E-state index >= 15 is 0 Å². The molecule has 0 atom stereocenters. The van der Waals surface area contributed by atoms with E-state index in [9.17, 15) is 8.42 Å². The lowest BCUT2D eigenvalue weighted by Crippen LogP contribution is -2.13. The number of hydrogen-bond donors (Lipinski definition) is 1. The molecule has 6 heteroatoms. The Kier molecular flexibility index (Phi) is 3.11. The molecule has 66 valence electrons. The summed E-state index contributed by atoms with van der Waals surface area (Å²) < 4.78 is 24.6. The fourth-order valence-electron chi connectivity index (χ4n) is 0.679. The lowest BCUT2D eigenvalue weighted by atomic mass is 10.4. The zero-order valence-electron chi connectivity index (χ0n) is 5.79. The summed E-state index contributed by atoms with van der Waals surface area (Å²) in [7, 11) is -3.54. The van der Waals surface area contributed by atoms with E-state index in [1.165, 1.54) is 12.1 Å². The Morgan fingerprint density at radius 2 is 2.08 bits per heavy atom. The SMILES string of the molecule is O=S(=O)(NCl)c1cccc(Br)c1. The Balaban J connectivity index is 3.21. The molecule has 0 spiro atoms. The van der Waals surface area contributed by atoms with E-state index in [4.69, 9.17) is 11.8 Å². The van der Waals surface area contributed by atoms with Gasteiger partial charge < -0.3 is 0 Å². The van der Waals surface area contributed by atoms with Crippen molar-refractivity contribution in [2.75, 3.05) is 0 Å². The van der Waals surface area contributed by atoms with Crippen molar-refractivity contribution in [1.29, 1.82) is 0 Å². The van der Waals surface area contributed by atoms with Gasteiger partial charge in [0.1, 0.15) is 0 Å². The maximum absolute atomic E-state index is 11.1. The average Bonchev–Trinajstić information content (AvgIpc) is 2.05. The second kappa shape index (κ2) is 3.74. The number of hydrogen-bond acceptors (Lipinski definition) is 2. The Bertz CT molecular complexity index is 379. The van der Waals surface area contributed by atoms with Crippen LogP contribution in [0.1, 0.15) is 0 Å². The molecule has 1 aromatic carbocycles. The molecular formula is C6H5BrClNO2S. The van der Waals surface area contributed by atoms with Crippen molar-refractivity contribution in [3.8, 4) is 0 Å². The second-order valence-corrected chi connectivity index (χ2v) is 5.05. The molecule has 0 aliphatic heterocycles. The van der Waals surface area contributed by atoms with Crippen LogP contribution in [0.3, 0.4) is 0 Å². The van der Waals surface area contributed by atoms with Gasteiger partial charge in [0.2, 0.25) is 0 Å². The van der Waals surface area contributed by atoms with Crippen molar-refractivity contribution in [1.82, 2.24) is 4.24 Å². The number of nitrogens with one attached hydrogen (secondary N) is 1. The first-order chi connectivity index (χ1) is 5.56. The highest BCUT2D eigenvalue weighted by atomic mass is 79.9. The number of halogens is 2. The summed E-state index contributed by atoms with van der Waals surface area (Å²) in [5.41, 5.74) is 0.